The quantitative estimate of drug-likeness (QED) is 0.568. The molecule has 0 spiro atoms. The fraction of sp³-hybridized carbons (Fsp3) is 1.00. The molecule has 1 aliphatic heterocycles. The summed E-state index contributed by atoms with van der Waals surface area (Å²) in [7, 11) is -2.82. The fourth-order valence-corrected chi connectivity index (χ4v) is 4.83. The molecule has 0 amide bonds. The maximum atomic E-state index is 11.0. The molecule has 54 valence electrons. The summed E-state index contributed by atoms with van der Waals surface area (Å²) in [5.74, 6) is 0. The smallest absolute Gasteiger partial charge is 0.168 e. The van der Waals surface area contributed by atoms with E-state index < -0.39 is 14.6 Å². The molecule has 0 saturated carbocycles. The zero-order valence-electron chi connectivity index (χ0n) is 5.39. The minimum Gasteiger partial charge on any atom is -0.227 e. The van der Waals surface area contributed by atoms with Crippen LogP contribution >= 0.6 is 15.9 Å². The van der Waals surface area contributed by atoms with E-state index in [2.05, 4.69) is 15.9 Å². The summed E-state index contributed by atoms with van der Waals surface area (Å²) in [6, 6.07) is 0. The molecule has 4 heteroatoms. The first-order valence-corrected chi connectivity index (χ1v) is 5.22. The molecule has 0 aliphatic carbocycles. The van der Waals surface area contributed by atoms with E-state index in [9.17, 15) is 8.42 Å². The van der Waals surface area contributed by atoms with Crippen molar-refractivity contribution < 1.29 is 8.42 Å². The van der Waals surface area contributed by atoms with E-state index in [1.54, 1.807) is 13.8 Å². The van der Waals surface area contributed by atoms with Crippen molar-refractivity contribution in [2.45, 2.75) is 29.2 Å². The Balaban J connectivity index is 2.97. The highest BCUT2D eigenvalue weighted by Gasteiger charge is 2.51. The van der Waals surface area contributed by atoms with Crippen LogP contribution < -0.4 is 0 Å². The van der Waals surface area contributed by atoms with Crippen LogP contribution in [0.1, 0.15) is 20.3 Å². The van der Waals surface area contributed by atoms with Crippen LogP contribution in [0.25, 0.3) is 0 Å². The van der Waals surface area contributed by atoms with Gasteiger partial charge in [0, 0.05) is 0 Å². The Morgan fingerprint density at radius 3 is 2.00 bits per heavy atom. The maximum absolute atomic E-state index is 11.0. The summed E-state index contributed by atoms with van der Waals surface area (Å²) in [4.78, 5) is 0. The van der Waals surface area contributed by atoms with Crippen LogP contribution in [-0.2, 0) is 9.84 Å². The molecule has 0 radical (unpaired) electrons. The molecule has 0 N–H and O–H groups in total. The van der Waals surface area contributed by atoms with Crippen LogP contribution in [0.4, 0.5) is 0 Å². The largest absolute Gasteiger partial charge is 0.227 e. The third-order valence-electron chi connectivity index (χ3n) is 1.76. The Hall–Kier alpha value is 0.430. The van der Waals surface area contributed by atoms with Crippen molar-refractivity contribution in [2.24, 2.45) is 0 Å². The van der Waals surface area contributed by atoms with Crippen molar-refractivity contribution in [1.82, 2.24) is 0 Å². The van der Waals surface area contributed by atoms with Gasteiger partial charge in [0.2, 0.25) is 0 Å². The van der Waals surface area contributed by atoms with Gasteiger partial charge < -0.3 is 0 Å². The molecule has 1 fully saturated rings. The van der Waals surface area contributed by atoms with Crippen LogP contribution in [-0.4, -0.2) is 17.3 Å². The van der Waals surface area contributed by atoms with Crippen molar-refractivity contribution in [3.8, 4) is 0 Å². The number of hydrogen-bond donors (Lipinski definition) is 0. The summed E-state index contributed by atoms with van der Waals surface area (Å²) in [5, 5.41) is 0. The van der Waals surface area contributed by atoms with Crippen molar-refractivity contribution in [3.63, 3.8) is 0 Å². The van der Waals surface area contributed by atoms with Gasteiger partial charge in [-0.15, -0.1) is 0 Å². The van der Waals surface area contributed by atoms with Gasteiger partial charge in [-0.2, -0.15) is 0 Å². The second kappa shape index (κ2) is 1.72. The van der Waals surface area contributed by atoms with Crippen molar-refractivity contribution in [1.29, 1.82) is 0 Å². The molecule has 0 aromatic heterocycles. The topological polar surface area (TPSA) is 34.1 Å². The highest BCUT2D eigenvalue weighted by Crippen LogP contribution is 2.42. The first-order chi connectivity index (χ1) is 3.88. The van der Waals surface area contributed by atoms with Crippen molar-refractivity contribution in [3.05, 3.63) is 0 Å². The van der Waals surface area contributed by atoms with Gasteiger partial charge >= 0.3 is 0 Å². The van der Waals surface area contributed by atoms with E-state index in [4.69, 9.17) is 0 Å². The van der Waals surface area contributed by atoms with Crippen molar-refractivity contribution >= 4 is 25.8 Å². The molecule has 1 rings (SSSR count). The van der Waals surface area contributed by atoms with E-state index in [-0.39, 0.29) is 4.16 Å². The molecule has 1 atom stereocenters. The SMILES string of the molecule is CC1(C)CC(Br)S1(=O)=O. The minimum absolute atomic E-state index is 0.292. The highest BCUT2D eigenvalue weighted by atomic mass is 79.9. The van der Waals surface area contributed by atoms with Gasteiger partial charge in [-0.05, 0) is 20.3 Å². The summed E-state index contributed by atoms with van der Waals surface area (Å²) < 4.78 is 21.3. The molecule has 1 heterocycles. The second-order valence-electron chi connectivity index (χ2n) is 2.92. The third-order valence-corrected chi connectivity index (χ3v) is 6.11. The molecular weight excluding hydrogens is 204 g/mol. The van der Waals surface area contributed by atoms with Gasteiger partial charge in [-0.25, -0.2) is 8.42 Å². The molecular formula is C5H9BrO2S. The highest BCUT2D eigenvalue weighted by molar-refractivity contribution is 9.11. The summed E-state index contributed by atoms with van der Waals surface area (Å²) >= 11 is 3.07. The molecule has 0 aromatic rings. The zero-order chi connectivity index (χ0) is 7.28. The first kappa shape index (κ1) is 7.54. The van der Waals surface area contributed by atoms with Crippen molar-refractivity contribution in [2.75, 3.05) is 0 Å². The van der Waals surface area contributed by atoms with Crippen LogP contribution in [0.3, 0.4) is 0 Å². The molecule has 1 saturated heterocycles. The molecule has 1 aliphatic rings. The summed E-state index contributed by atoms with van der Waals surface area (Å²) in [5.41, 5.74) is 0. The Morgan fingerprint density at radius 2 is 2.00 bits per heavy atom. The molecule has 0 bridgehead atoms. The van der Waals surface area contributed by atoms with Crippen LogP contribution in [0.15, 0.2) is 0 Å². The molecule has 2 nitrogen and oxygen atoms in total. The van der Waals surface area contributed by atoms with E-state index in [0.29, 0.717) is 0 Å². The normalized spacial score (nSPS) is 37.4. The lowest BCUT2D eigenvalue weighted by molar-refractivity contribution is 0.488. The van der Waals surface area contributed by atoms with Gasteiger partial charge in [0.1, 0.15) is 4.16 Å². The van der Waals surface area contributed by atoms with E-state index in [1.165, 1.54) is 0 Å². The number of alkyl halides is 1. The number of halogens is 1. The summed E-state index contributed by atoms with van der Waals surface area (Å²) in [6.45, 7) is 3.50. The van der Waals surface area contributed by atoms with Gasteiger partial charge in [-0.1, -0.05) is 15.9 Å². The van der Waals surface area contributed by atoms with E-state index >= 15 is 0 Å². The van der Waals surface area contributed by atoms with E-state index in [1.807, 2.05) is 0 Å². The van der Waals surface area contributed by atoms with Crippen LogP contribution in [0.2, 0.25) is 0 Å². The van der Waals surface area contributed by atoms with Gasteiger partial charge in [0.25, 0.3) is 0 Å². The van der Waals surface area contributed by atoms with Gasteiger partial charge in [-0.3, -0.25) is 0 Å². The molecule has 0 aromatic carbocycles. The van der Waals surface area contributed by atoms with Crippen LogP contribution in [0.5, 0.6) is 0 Å². The Bertz CT molecular complexity index is 217. The first-order valence-electron chi connectivity index (χ1n) is 2.75. The Labute approximate surface area is 63.7 Å². The fourth-order valence-electron chi connectivity index (χ4n) is 0.859. The second-order valence-corrected chi connectivity index (χ2v) is 7.39. The number of hydrogen-bond acceptors (Lipinski definition) is 2. The minimum atomic E-state index is -2.82. The predicted octanol–water partition coefficient (Wildman–Crippen LogP) is 1.30. The number of sulfone groups is 1. The monoisotopic (exact) mass is 212 g/mol. The van der Waals surface area contributed by atoms with Gasteiger partial charge in [0.05, 0.1) is 4.75 Å². The number of rotatable bonds is 0. The Kier molecular flexibility index (Phi) is 1.44. The summed E-state index contributed by atoms with van der Waals surface area (Å²) in [6.07, 6.45) is 0.731. The average molecular weight is 213 g/mol. The van der Waals surface area contributed by atoms with E-state index in [0.717, 1.165) is 6.42 Å². The standard InChI is InChI=1S/C5H9BrO2S/c1-5(2)3-4(6)9(5,7)8/h4H,3H2,1-2H3. The third kappa shape index (κ3) is 0.835. The lowest BCUT2D eigenvalue weighted by Gasteiger charge is -2.38. The zero-order valence-corrected chi connectivity index (χ0v) is 7.79. The molecule has 9 heavy (non-hydrogen) atoms. The predicted molar refractivity (Wildman–Crippen MR) is 40.3 cm³/mol. The Morgan fingerprint density at radius 1 is 1.56 bits per heavy atom. The lowest BCUT2D eigenvalue weighted by Crippen LogP contribution is -2.50. The maximum Gasteiger partial charge on any atom is 0.168 e. The lowest BCUT2D eigenvalue weighted by atomic mass is 10.1. The van der Waals surface area contributed by atoms with Gasteiger partial charge in [0.15, 0.2) is 9.84 Å². The molecule has 1 unspecified atom stereocenters. The van der Waals surface area contributed by atoms with Crippen LogP contribution in [0, 0.1) is 0 Å². The average Bonchev–Trinajstić information content (AvgIpc) is 1.65.